The minimum atomic E-state index is -0.545. The Hall–Kier alpha value is -1.63. The number of rotatable bonds is 7. The molecule has 0 rings (SSSR count). The summed E-state index contributed by atoms with van der Waals surface area (Å²) in [6.07, 6.45) is 0.739. The SMILES string of the molecule is CNC(=O)NC(=O)CCNC(CC(C)C)C(=O)OC. The van der Waals surface area contributed by atoms with Crippen LogP contribution in [-0.4, -0.2) is 44.7 Å². The average molecular weight is 273 g/mol. The number of urea groups is 1. The number of ether oxygens (including phenoxy) is 1. The van der Waals surface area contributed by atoms with Crippen molar-refractivity contribution in [3.05, 3.63) is 0 Å². The molecule has 0 aromatic rings. The van der Waals surface area contributed by atoms with Gasteiger partial charge in [-0.2, -0.15) is 0 Å². The number of carbonyl (C=O) groups excluding carboxylic acids is 3. The Balaban J connectivity index is 4.08. The standard InChI is InChI=1S/C12H23N3O4/c1-8(2)7-9(11(17)19-4)14-6-5-10(16)15-12(18)13-3/h8-9,14H,5-7H2,1-4H3,(H2,13,15,16,18). The van der Waals surface area contributed by atoms with Gasteiger partial charge in [0.1, 0.15) is 6.04 Å². The predicted octanol–water partition coefficient (Wildman–Crippen LogP) is 0.00940. The van der Waals surface area contributed by atoms with Gasteiger partial charge in [-0.1, -0.05) is 13.8 Å². The number of hydrogen-bond acceptors (Lipinski definition) is 5. The molecule has 0 aromatic heterocycles. The summed E-state index contributed by atoms with van der Waals surface area (Å²) in [5, 5.41) is 7.38. The van der Waals surface area contributed by atoms with Gasteiger partial charge in [-0.15, -0.1) is 0 Å². The number of hydrogen-bond donors (Lipinski definition) is 3. The molecule has 0 heterocycles. The first-order chi connectivity index (χ1) is 8.90. The summed E-state index contributed by atoms with van der Waals surface area (Å²) in [5.74, 6) is -0.420. The van der Waals surface area contributed by atoms with Crippen LogP contribution in [0.15, 0.2) is 0 Å². The Bertz CT molecular complexity index is 318. The van der Waals surface area contributed by atoms with Gasteiger partial charge < -0.3 is 15.4 Å². The van der Waals surface area contributed by atoms with E-state index in [9.17, 15) is 14.4 Å². The molecule has 19 heavy (non-hydrogen) atoms. The summed E-state index contributed by atoms with van der Waals surface area (Å²) >= 11 is 0. The fraction of sp³-hybridized carbons (Fsp3) is 0.750. The van der Waals surface area contributed by atoms with Gasteiger partial charge in [-0.25, -0.2) is 4.79 Å². The third-order valence-corrected chi connectivity index (χ3v) is 2.42. The highest BCUT2D eigenvalue weighted by atomic mass is 16.5. The molecule has 3 amide bonds. The van der Waals surface area contributed by atoms with Gasteiger partial charge >= 0.3 is 12.0 Å². The van der Waals surface area contributed by atoms with Crippen LogP contribution in [0.5, 0.6) is 0 Å². The molecule has 0 bridgehead atoms. The maximum atomic E-state index is 11.5. The summed E-state index contributed by atoms with van der Waals surface area (Å²) < 4.78 is 4.69. The molecule has 3 N–H and O–H groups in total. The number of esters is 1. The van der Waals surface area contributed by atoms with Crippen molar-refractivity contribution in [1.29, 1.82) is 0 Å². The number of imide groups is 1. The molecule has 1 unspecified atom stereocenters. The van der Waals surface area contributed by atoms with E-state index >= 15 is 0 Å². The second kappa shape index (κ2) is 9.32. The van der Waals surface area contributed by atoms with Crippen LogP contribution in [0, 0.1) is 5.92 Å². The Labute approximate surface area is 113 Å². The molecule has 1 atom stereocenters. The number of nitrogens with one attached hydrogen (secondary N) is 3. The highest BCUT2D eigenvalue weighted by Crippen LogP contribution is 2.06. The van der Waals surface area contributed by atoms with E-state index in [4.69, 9.17) is 0 Å². The molecule has 0 aromatic carbocycles. The number of carbonyl (C=O) groups is 3. The van der Waals surface area contributed by atoms with Crippen LogP contribution >= 0.6 is 0 Å². The van der Waals surface area contributed by atoms with Crippen LogP contribution in [0.2, 0.25) is 0 Å². The maximum Gasteiger partial charge on any atom is 0.322 e. The van der Waals surface area contributed by atoms with Gasteiger partial charge in [0.2, 0.25) is 5.91 Å². The van der Waals surface area contributed by atoms with E-state index in [-0.39, 0.29) is 12.4 Å². The second-order valence-corrected chi connectivity index (χ2v) is 4.54. The van der Waals surface area contributed by atoms with Crippen LogP contribution in [0.4, 0.5) is 4.79 Å². The smallest absolute Gasteiger partial charge is 0.322 e. The maximum absolute atomic E-state index is 11.5. The van der Waals surface area contributed by atoms with E-state index in [1.54, 1.807) is 0 Å². The molecule has 7 heteroatoms. The number of methoxy groups -OCH3 is 1. The fourth-order valence-electron chi connectivity index (χ4n) is 1.49. The van der Waals surface area contributed by atoms with Gasteiger partial charge in [0.15, 0.2) is 0 Å². The van der Waals surface area contributed by atoms with E-state index in [1.807, 2.05) is 13.8 Å². The highest BCUT2D eigenvalue weighted by molar-refractivity contribution is 5.94. The Kier molecular flexibility index (Phi) is 8.52. The first-order valence-electron chi connectivity index (χ1n) is 6.23. The summed E-state index contributed by atoms with van der Waals surface area (Å²) in [7, 11) is 2.76. The zero-order chi connectivity index (χ0) is 14.8. The molecular formula is C12H23N3O4. The summed E-state index contributed by atoms with van der Waals surface area (Å²) in [5.41, 5.74) is 0. The lowest BCUT2D eigenvalue weighted by Gasteiger charge is -2.18. The van der Waals surface area contributed by atoms with Gasteiger partial charge in [0.25, 0.3) is 0 Å². The molecule has 0 aliphatic carbocycles. The molecule has 0 radical (unpaired) electrons. The monoisotopic (exact) mass is 273 g/mol. The predicted molar refractivity (Wildman–Crippen MR) is 70.5 cm³/mol. The van der Waals surface area contributed by atoms with E-state index in [2.05, 4.69) is 20.7 Å². The van der Waals surface area contributed by atoms with Gasteiger partial charge in [0.05, 0.1) is 7.11 Å². The van der Waals surface area contributed by atoms with Crippen LogP contribution in [0.25, 0.3) is 0 Å². The lowest BCUT2D eigenvalue weighted by atomic mass is 10.0. The largest absolute Gasteiger partial charge is 0.468 e. The zero-order valence-electron chi connectivity index (χ0n) is 11.9. The first kappa shape index (κ1) is 17.4. The Morgan fingerprint density at radius 3 is 2.32 bits per heavy atom. The van der Waals surface area contributed by atoms with Crippen molar-refractivity contribution in [1.82, 2.24) is 16.0 Å². The van der Waals surface area contributed by atoms with E-state index in [0.29, 0.717) is 18.9 Å². The average Bonchev–Trinajstić information content (AvgIpc) is 2.35. The Morgan fingerprint density at radius 1 is 1.21 bits per heavy atom. The van der Waals surface area contributed by atoms with Crippen molar-refractivity contribution in [2.45, 2.75) is 32.7 Å². The zero-order valence-corrected chi connectivity index (χ0v) is 11.9. The quantitative estimate of drug-likeness (QED) is 0.568. The second-order valence-electron chi connectivity index (χ2n) is 4.54. The van der Waals surface area contributed by atoms with Gasteiger partial charge in [-0.05, 0) is 12.3 Å². The van der Waals surface area contributed by atoms with Crippen molar-refractivity contribution < 1.29 is 19.1 Å². The van der Waals surface area contributed by atoms with Gasteiger partial charge in [-0.3, -0.25) is 14.9 Å². The lowest BCUT2D eigenvalue weighted by Crippen LogP contribution is -2.42. The fourth-order valence-corrected chi connectivity index (χ4v) is 1.49. The minimum Gasteiger partial charge on any atom is -0.468 e. The van der Waals surface area contributed by atoms with Crippen molar-refractivity contribution in [2.24, 2.45) is 5.92 Å². The van der Waals surface area contributed by atoms with Crippen molar-refractivity contribution in [2.75, 3.05) is 20.7 Å². The third-order valence-electron chi connectivity index (χ3n) is 2.42. The molecule has 0 fully saturated rings. The molecule has 7 nitrogen and oxygen atoms in total. The molecule has 0 spiro atoms. The molecule has 110 valence electrons. The molecule has 0 aliphatic rings. The third kappa shape index (κ3) is 8.15. The van der Waals surface area contributed by atoms with Crippen LogP contribution in [0.1, 0.15) is 26.7 Å². The van der Waals surface area contributed by atoms with Crippen LogP contribution < -0.4 is 16.0 Å². The molecule has 0 saturated carbocycles. The van der Waals surface area contributed by atoms with E-state index < -0.39 is 18.0 Å². The normalized spacial score (nSPS) is 11.8. The van der Waals surface area contributed by atoms with Crippen molar-refractivity contribution in [3.63, 3.8) is 0 Å². The highest BCUT2D eigenvalue weighted by Gasteiger charge is 2.20. The Morgan fingerprint density at radius 2 is 1.84 bits per heavy atom. The van der Waals surface area contributed by atoms with Crippen LogP contribution in [0.3, 0.4) is 0 Å². The van der Waals surface area contributed by atoms with Crippen LogP contribution in [-0.2, 0) is 14.3 Å². The topological polar surface area (TPSA) is 96.5 Å². The minimum absolute atomic E-state index is 0.110. The first-order valence-corrected chi connectivity index (χ1v) is 6.23. The number of amides is 3. The van der Waals surface area contributed by atoms with Crippen molar-refractivity contribution in [3.8, 4) is 0 Å². The van der Waals surface area contributed by atoms with Crippen molar-refractivity contribution >= 4 is 17.9 Å². The summed E-state index contributed by atoms with van der Waals surface area (Å²) in [4.78, 5) is 33.7. The van der Waals surface area contributed by atoms with E-state index in [0.717, 1.165) is 0 Å². The molecular weight excluding hydrogens is 250 g/mol. The molecule has 0 saturated heterocycles. The lowest BCUT2D eigenvalue weighted by molar-refractivity contribution is -0.143. The molecule has 0 aliphatic heterocycles. The van der Waals surface area contributed by atoms with Gasteiger partial charge in [0, 0.05) is 20.0 Å². The van der Waals surface area contributed by atoms with E-state index in [1.165, 1.54) is 14.2 Å². The summed E-state index contributed by atoms with van der Waals surface area (Å²) in [6.45, 7) is 4.29. The summed E-state index contributed by atoms with van der Waals surface area (Å²) in [6, 6.07) is -0.977.